The Labute approximate surface area is 229 Å². The highest BCUT2D eigenvalue weighted by Gasteiger charge is 2.25. The predicted molar refractivity (Wildman–Crippen MR) is 148 cm³/mol. The van der Waals surface area contributed by atoms with Gasteiger partial charge in [-0.15, -0.1) is 0 Å². The largest absolute Gasteiger partial charge is 0.484 e. The molecule has 1 aliphatic heterocycles. The van der Waals surface area contributed by atoms with Crippen molar-refractivity contribution in [3.63, 3.8) is 0 Å². The van der Waals surface area contributed by atoms with Crippen LogP contribution in [0, 0.1) is 6.92 Å². The van der Waals surface area contributed by atoms with Gasteiger partial charge in [-0.3, -0.25) is 14.0 Å². The first-order valence-electron chi connectivity index (χ1n) is 12.4. The number of carbonyl (C=O) groups excluding carboxylic acids is 1. The lowest BCUT2D eigenvalue weighted by Gasteiger charge is -2.26. The highest BCUT2D eigenvalue weighted by atomic mass is 35.5. The molecular formula is C28H32ClN3O5S. The Bertz CT molecular complexity index is 1290. The van der Waals surface area contributed by atoms with E-state index in [-0.39, 0.29) is 24.0 Å². The fourth-order valence-corrected chi connectivity index (χ4v) is 5.57. The number of hydrogen-bond donors (Lipinski definition) is 1. The van der Waals surface area contributed by atoms with Gasteiger partial charge in [-0.25, -0.2) is 8.42 Å². The fourth-order valence-electron chi connectivity index (χ4n) is 3.99. The summed E-state index contributed by atoms with van der Waals surface area (Å²) in [5, 5.41) is 3.44. The van der Waals surface area contributed by atoms with E-state index in [1.54, 1.807) is 72.8 Å². The van der Waals surface area contributed by atoms with E-state index in [9.17, 15) is 13.2 Å². The Hall–Kier alpha value is -3.11. The summed E-state index contributed by atoms with van der Waals surface area (Å²) >= 11 is 6.02. The summed E-state index contributed by atoms with van der Waals surface area (Å²) in [5.41, 5.74) is 2.24. The molecule has 0 bridgehead atoms. The average molecular weight is 558 g/mol. The van der Waals surface area contributed by atoms with Crippen molar-refractivity contribution in [2.75, 3.05) is 50.3 Å². The van der Waals surface area contributed by atoms with E-state index in [4.69, 9.17) is 21.1 Å². The third-order valence-corrected chi connectivity index (χ3v) is 8.24. The highest BCUT2D eigenvalue weighted by Crippen LogP contribution is 2.28. The van der Waals surface area contributed by atoms with Crippen LogP contribution in [0.2, 0.25) is 5.02 Å². The maximum absolute atomic E-state index is 13.6. The molecule has 38 heavy (non-hydrogen) atoms. The minimum atomic E-state index is -3.85. The van der Waals surface area contributed by atoms with Crippen molar-refractivity contribution in [3.05, 3.63) is 88.9 Å². The number of anilines is 1. The SMILES string of the molecule is Cc1ccc(S(=O)(=O)N(Cc2ccc(Cl)cc2)c2ccc(OCC(=O)NCCN3CCOCC3)cc2)cc1. The topological polar surface area (TPSA) is 88.2 Å². The molecule has 0 unspecified atom stereocenters. The van der Waals surface area contributed by atoms with Gasteiger partial charge >= 0.3 is 0 Å². The lowest BCUT2D eigenvalue weighted by molar-refractivity contribution is -0.123. The number of ether oxygens (including phenoxy) is 2. The van der Waals surface area contributed by atoms with Gasteiger partial charge in [0, 0.05) is 31.2 Å². The summed E-state index contributed by atoms with van der Waals surface area (Å²) in [6, 6.07) is 20.5. The molecule has 3 aromatic carbocycles. The van der Waals surface area contributed by atoms with Crippen LogP contribution in [0.5, 0.6) is 5.75 Å². The highest BCUT2D eigenvalue weighted by molar-refractivity contribution is 7.92. The third kappa shape index (κ3) is 7.70. The molecule has 3 aromatic rings. The number of hydrogen-bond acceptors (Lipinski definition) is 6. The predicted octanol–water partition coefficient (Wildman–Crippen LogP) is 3.87. The Morgan fingerprint density at radius 1 is 1.00 bits per heavy atom. The van der Waals surface area contributed by atoms with Crippen LogP contribution in [0.1, 0.15) is 11.1 Å². The lowest BCUT2D eigenvalue weighted by atomic mass is 10.2. The first-order chi connectivity index (χ1) is 18.3. The van der Waals surface area contributed by atoms with Crippen molar-refractivity contribution < 1.29 is 22.7 Å². The van der Waals surface area contributed by atoms with E-state index >= 15 is 0 Å². The van der Waals surface area contributed by atoms with Gasteiger partial charge < -0.3 is 14.8 Å². The zero-order valence-electron chi connectivity index (χ0n) is 21.3. The fraction of sp³-hybridized carbons (Fsp3) is 0.321. The Balaban J connectivity index is 1.41. The third-order valence-electron chi connectivity index (χ3n) is 6.20. The quantitative estimate of drug-likeness (QED) is 0.385. The molecule has 0 atom stereocenters. The van der Waals surface area contributed by atoms with E-state index < -0.39 is 10.0 Å². The molecule has 1 saturated heterocycles. The van der Waals surface area contributed by atoms with Crippen LogP contribution < -0.4 is 14.4 Å². The van der Waals surface area contributed by atoms with Crippen LogP contribution in [-0.4, -0.2) is 65.2 Å². The van der Waals surface area contributed by atoms with Gasteiger partial charge in [0.05, 0.1) is 30.3 Å². The van der Waals surface area contributed by atoms with Crippen molar-refractivity contribution in [1.82, 2.24) is 10.2 Å². The number of nitrogens with one attached hydrogen (secondary N) is 1. The summed E-state index contributed by atoms with van der Waals surface area (Å²) in [6.45, 7) is 6.39. The molecule has 202 valence electrons. The number of benzene rings is 3. The first kappa shape index (κ1) is 27.9. The molecule has 0 aromatic heterocycles. The summed E-state index contributed by atoms with van der Waals surface area (Å²) in [4.78, 5) is 14.6. The summed E-state index contributed by atoms with van der Waals surface area (Å²) in [5.74, 6) is 0.255. The molecule has 0 saturated carbocycles. The molecule has 0 radical (unpaired) electrons. The summed E-state index contributed by atoms with van der Waals surface area (Å²) < 4.78 is 39.6. The van der Waals surface area contributed by atoms with Crippen LogP contribution in [0.4, 0.5) is 5.69 Å². The molecule has 4 rings (SSSR count). The monoisotopic (exact) mass is 557 g/mol. The molecule has 10 heteroatoms. The molecule has 0 aliphatic carbocycles. The molecule has 1 amide bonds. The van der Waals surface area contributed by atoms with E-state index in [1.807, 2.05) is 6.92 Å². The Morgan fingerprint density at radius 3 is 2.32 bits per heavy atom. The molecule has 1 aliphatic rings. The van der Waals surface area contributed by atoms with Crippen LogP contribution in [0.25, 0.3) is 0 Å². The van der Waals surface area contributed by atoms with Gasteiger partial charge in [0.1, 0.15) is 5.75 Å². The number of halogens is 1. The molecule has 1 fully saturated rings. The van der Waals surface area contributed by atoms with Crippen LogP contribution in [0.3, 0.4) is 0 Å². The number of sulfonamides is 1. The molecule has 1 heterocycles. The number of carbonyl (C=O) groups is 1. The van der Waals surface area contributed by atoms with Gasteiger partial charge in [0.25, 0.3) is 15.9 Å². The van der Waals surface area contributed by atoms with E-state index in [2.05, 4.69) is 10.2 Å². The number of rotatable bonds is 11. The Morgan fingerprint density at radius 2 is 1.66 bits per heavy atom. The number of morpholine rings is 1. The smallest absolute Gasteiger partial charge is 0.264 e. The van der Waals surface area contributed by atoms with Crippen molar-refractivity contribution in [2.45, 2.75) is 18.4 Å². The molecular weight excluding hydrogens is 526 g/mol. The maximum Gasteiger partial charge on any atom is 0.264 e. The van der Waals surface area contributed by atoms with E-state index in [0.717, 1.165) is 44.0 Å². The van der Waals surface area contributed by atoms with Gasteiger partial charge in [-0.05, 0) is 61.0 Å². The minimum absolute atomic E-state index is 0.124. The van der Waals surface area contributed by atoms with Crippen molar-refractivity contribution in [3.8, 4) is 5.75 Å². The van der Waals surface area contributed by atoms with Crippen LogP contribution >= 0.6 is 11.6 Å². The maximum atomic E-state index is 13.6. The minimum Gasteiger partial charge on any atom is -0.484 e. The second-order valence-electron chi connectivity index (χ2n) is 9.04. The standard InChI is InChI=1S/C28H32ClN3O5S/c1-22-2-12-27(13-3-22)38(34,35)32(20-23-4-6-24(29)7-5-23)25-8-10-26(11-9-25)37-21-28(33)30-14-15-31-16-18-36-19-17-31/h2-13H,14-21H2,1H3,(H,30,33). The first-order valence-corrected chi connectivity index (χ1v) is 14.3. The van der Waals surface area contributed by atoms with E-state index in [1.165, 1.54) is 4.31 Å². The number of amides is 1. The molecule has 1 N–H and O–H groups in total. The van der Waals surface area contributed by atoms with Gasteiger partial charge in [0.15, 0.2) is 6.61 Å². The normalized spacial score (nSPS) is 14.2. The zero-order valence-corrected chi connectivity index (χ0v) is 22.9. The second-order valence-corrected chi connectivity index (χ2v) is 11.3. The average Bonchev–Trinajstić information content (AvgIpc) is 2.93. The van der Waals surface area contributed by atoms with E-state index in [0.29, 0.717) is 23.0 Å². The van der Waals surface area contributed by atoms with Gasteiger partial charge in [-0.2, -0.15) is 0 Å². The summed E-state index contributed by atoms with van der Waals surface area (Å²) in [7, 11) is -3.85. The van der Waals surface area contributed by atoms with Crippen LogP contribution in [0.15, 0.2) is 77.7 Å². The number of nitrogens with zero attached hydrogens (tertiary/aromatic N) is 2. The van der Waals surface area contributed by atoms with Crippen molar-refractivity contribution in [2.24, 2.45) is 0 Å². The number of aryl methyl sites for hydroxylation is 1. The molecule has 0 spiro atoms. The van der Waals surface area contributed by atoms with Crippen LogP contribution in [-0.2, 0) is 26.1 Å². The zero-order chi connectivity index (χ0) is 27.0. The van der Waals surface area contributed by atoms with Crippen molar-refractivity contribution in [1.29, 1.82) is 0 Å². The molecule has 8 nitrogen and oxygen atoms in total. The Kier molecular flexibility index (Phi) is 9.63. The lowest BCUT2D eigenvalue weighted by Crippen LogP contribution is -2.42. The van der Waals surface area contributed by atoms with Gasteiger partial charge in [0.2, 0.25) is 0 Å². The van der Waals surface area contributed by atoms with Gasteiger partial charge in [-0.1, -0.05) is 41.4 Å². The van der Waals surface area contributed by atoms with Crippen molar-refractivity contribution >= 4 is 33.2 Å². The second kappa shape index (κ2) is 13.1. The summed E-state index contributed by atoms with van der Waals surface area (Å²) in [6.07, 6.45) is 0.